The zero-order valence-corrected chi connectivity index (χ0v) is 11.8. The van der Waals surface area contributed by atoms with Crippen LogP contribution in [0.1, 0.15) is 12.0 Å². The molecule has 1 atom stereocenters. The largest absolute Gasteiger partial charge is 0.319 e. The van der Waals surface area contributed by atoms with Crippen LogP contribution >= 0.6 is 0 Å². The van der Waals surface area contributed by atoms with Crippen LogP contribution in [0.5, 0.6) is 0 Å². The summed E-state index contributed by atoms with van der Waals surface area (Å²) in [4.78, 5) is 2.38. The van der Waals surface area contributed by atoms with Gasteiger partial charge in [0.2, 0.25) is 0 Å². The predicted octanol–water partition coefficient (Wildman–Crippen LogP) is 2.12. The van der Waals surface area contributed by atoms with Gasteiger partial charge in [0, 0.05) is 25.7 Å². The molecule has 2 aromatic rings. The van der Waals surface area contributed by atoms with Crippen molar-refractivity contribution in [3.8, 4) is 0 Å². The van der Waals surface area contributed by atoms with Gasteiger partial charge in [-0.15, -0.1) is 10.2 Å². The molecule has 2 heterocycles. The van der Waals surface area contributed by atoms with E-state index in [1.807, 2.05) is 4.57 Å². The smallest absolute Gasteiger partial charge is 0.126 e. The molecule has 0 spiro atoms. The molecule has 21 heavy (non-hydrogen) atoms. The SMILES string of the molecule is Fc1cc(F)cc(CC2CCN(CCn3cnnc3)C2)c1. The standard InChI is InChI=1S/C15H18F2N4/c16-14-6-13(7-15(17)8-14)5-12-1-2-20(9-12)3-4-21-10-18-19-11-21/h6-8,10-12H,1-5,9H2. The monoisotopic (exact) mass is 292 g/mol. The lowest BCUT2D eigenvalue weighted by Crippen LogP contribution is -2.25. The predicted molar refractivity (Wildman–Crippen MR) is 74.6 cm³/mol. The minimum absolute atomic E-state index is 0.465. The number of nitrogens with zero attached hydrogens (tertiary/aromatic N) is 4. The Morgan fingerprint density at radius 3 is 2.48 bits per heavy atom. The molecule has 1 aliphatic rings. The van der Waals surface area contributed by atoms with Crippen molar-refractivity contribution in [2.45, 2.75) is 19.4 Å². The number of hydrogen-bond acceptors (Lipinski definition) is 3. The Balaban J connectivity index is 1.50. The van der Waals surface area contributed by atoms with Gasteiger partial charge in [0.15, 0.2) is 0 Å². The first kappa shape index (κ1) is 14.1. The lowest BCUT2D eigenvalue weighted by molar-refractivity contribution is 0.309. The number of aromatic nitrogens is 3. The van der Waals surface area contributed by atoms with Crippen molar-refractivity contribution in [3.63, 3.8) is 0 Å². The van der Waals surface area contributed by atoms with Crippen molar-refractivity contribution in [2.24, 2.45) is 5.92 Å². The highest BCUT2D eigenvalue weighted by atomic mass is 19.1. The van der Waals surface area contributed by atoms with Crippen LogP contribution in [0.2, 0.25) is 0 Å². The van der Waals surface area contributed by atoms with E-state index in [1.54, 1.807) is 12.7 Å². The molecule has 0 N–H and O–H groups in total. The van der Waals surface area contributed by atoms with Crippen molar-refractivity contribution in [1.29, 1.82) is 0 Å². The maximum absolute atomic E-state index is 13.2. The van der Waals surface area contributed by atoms with Crippen LogP contribution in [0, 0.1) is 17.6 Å². The highest BCUT2D eigenvalue weighted by Gasteiger charge is 2.22. The van der Waals surface area contributed by atoms with Gasteiger partial charge in [-0.2, -0.15) is 0 Å². The van der Waals surface area contributed by atoms with Crippen molar-refractivity contribution in [1.82, 2.24) is 19.7 Å². The number of rotatable bonds is 5. The third kappa shape index (κ3) is 3.85. The van der Waals surface area contributed by atoms with Crippen molar-refractivity contribution >= 4 is 0 Å². The van der Waals surface area contributed by atoms with Gasteiger partial charge in [0.1, 0.15) is 24.3 Å². The molecule has 1 aromatic carbocycles. The first-order chi connectivity index (χ1) is 10.2. The van der Waals surface area contributed by atoms with E-state index in [4.69, 9.17) is 0 Å². The molecule has 0 radical (unpaired) electrons. The summed E-state index contributed by atoms with van der Waals surface area (Å²) in [6, 6.07) is 3.79. The molecule has 0 bridgehead atoms. The highest BCUT2D eigenvalue weighted by molar-refractivity contribution is 5.18. The zero-order chi connectivity index (χ0) is 14.7. The highest BCUT2D eigenvalue weighted by Crippen LogP contribution is 2.21. The van der Waals surface area contributed by atoms with E-state index in [0.717, 1.165) is 50.7 Å². The maximum atomic E-state index is 13.2. The summed E-state index contributed by atoms with van der Waals surface area (Å²) in [6.07, 6.45) is 5.23. The molecule has 1 unspecified atom stereocenters. The Morgan fingerprint density at radius 2 is 1.76 bits per heavy atom. The second kappa shape index (κ2) is 6.30. The zero-order valence-electron chi connectivity index (χ0n) is 11.8. The molecule has 4 nitrogen and oxygen atoms in total. The van der Waals surface area contributed by atoms with Crippen molar-refractivity contribution < 1.29 is 8.78 Å². The van der Waals surface area contributed by atoms with Crippen LogP contribution in [0.15, 0.2) is 30.9 Å². The number of halogens is 2. The summed E-state index contributed by atoms with van der Waals surface area (Å²) in [5, 5.41) is 7.56. The van der Waals surface area contributed by atoms with Gasteiger partial charge in [-0.1, -0.05) is 0 Å². The first-order valence-corrected chi connectivity index (χ1v) is 7.19. The fraction of sp³-hybridized carbons (Fsp3) is 0.467. The molecular formula is C15H18F2N4. The van der Waals surface area contributed by atoms with Gasteiger partial charge in [0.25, 0.3) is 0 Å². The molecule has 1 fully saturated rings. The van der Waals surface area contributed by atoms with Gasteiger partial charge < -0.3 is 9.47 Å². The molecule has 112 valence electrons. The third-order valence-electron chi connectivity index (χ3n) is 3.96. The molecule has 3 rings (SSSR count). The Kier molecular flexibility index (Phi) is 4.24. The number of benzene rings is 1. The molecule has 6 heteroatoms. The van der Waals surface area contributed by atoms with Crippen LogP contribution < -0.4 is 0 Å². The topological polar surface area (TPSA) is 34.0 Å². The fourth-order valence-electron chi connectivity index (χ4n) is 2.94. The lowest BCUT2D eigenvalue weighted by Gasteiger charge is -2.16. The average Bonchev–Trinajstić information content (AvgIpc) is 3.06. The molecule has 1 saturated heterocycles. The number of likely N-dealkylation sites (tertiary alicyclic amines) is 1. The molecule has 0 saturated carbocycles. The summed E-state index contributed by atoms with van der Waals surface area (Å²) in [5.41, 5.74) is 0.748. The van der Waals surface area contributed by atoms with Crippen LogP contribution in [0.25, 0.3) is 0 Å². The summed E-state index contributed by atoms with van der Waals surface area (Å²) >= 11 is 0. The van der Waals surface area contributed by atoms with Crippen LogP contribution in [0.4, 0.5) is 8.78 Å². The van der Waals surface area contributed by atoms with E-state index in [1.165, 1.54) is 12.1 Å². The van der Waals surface area contributed by atoms with Gasteiger partial charge in [-0.25, -0.2) is 8.78 Å². The van der Waals surface area contributed by atoms with Crippen molar-refractivity contribution in [3.05, 3.63) is 48.1 Å². The van der Waals surface area contributed by atoms with Crippen LogP contribution in [-0.2, 0) is 13.0 Å². The van der Waals surface area contributed by atoms with E-state index in [-0.39, 0.29) is 0 Å². The van der Waals surface area contributed by atoms with E-state index in [9.17, 15) is 8.78 Å². The summed E-state index contributed by atoms with van der Waals surface area (Å²) < 4.78 is 28.3. The minimum atomic E-state index is -0.493. The van der Waals surface area contributed by atoms with Gasteiger partial charge >= 0.3 is 0 Å². The lowest BCUT2D eigenvalue weighted by atomic mass is 9.98. The van der Waals surface area contributed by atoms with E-state index < -0.39 is 11.6 Å². The van der Waals surface area contributed by atoms with Crippen LogP contribution in [-0.4, -0.2) is 39.3 Å². The number of hydrogen-bond donors (Lipinski definition) is 0. The molecule has 0 aliphatic carbocycles. The Labute approximate surface area is 122 Å². The van der Waals surface area contributed by atoms with Crippen LogP contribution in [0.3, 0.4) is 0 Å². The molecule has 0 amide bonds. The molecular weight excluding hydrogens is 274 g/mol. The second-order valence-corrected chi connectivity index (χ2v) is 5.64. The normalized spacial score (nSPS) is 19.2. The van der Waals surface area contributed by atoms with Gasteiger partial charge in [0.05, 0.1) is 0 Å². The first-order valence-electron chi connectivity index (χ1n) is 7.19. The Hall–Kier alpha value is -1.82. The summed E-state index contributed by atoms with van der Waals surface area (Å²) in [5.74, 6) is -0.521. The minimum Gasteiger partial charge on any atom is -0.319 e. The van der Waals surface area contributed by atoms with Gasteiger partial charge in [-0.05, 0) is 43.0 Å². The van der Waals surface area contributed by atoms with Crippen molar-refractivity contribution in [2.75, 3.05) is 19.6 Å². The quantitative estimate of drug-likeness (QED) is 0.846. The summed E-state index contributed by atoms with van der Waals surface area (Å²) in [7, 11) is 0. The van der Waals surface area contributed by atoms with E-state index in [2.05, 4.69) is 15.1 Å². The molecule has 1 aliphatic heterocycles. The summed E-state index contributed by atoms with van der Waals surface area (Å²) in [6.45, 7) is 3.82. The second-order valence-electron chi connectivity index (χ2n) is 5.64. The van der Waals surface area contributed by atoms with Gasteiger partial charge in [-0.3, -0.25) is 0 Å². The Bertz CT molecular complexity index is 565. The van der Waals surface area contributed by atoms with E-state index in [0.29, 0.717) is 5.92 Å². The Morgan fingerprint density at radius 1 is 1.05 bits per heavy atom. The maximum Gasteiger partial charge on any atom is 0.126 e. The van der Waals surface area contributed by atoms with E-state index >= 15 is 0 Å². The fourth-order valence-corrected chi connectivity index (χ4v) is 2.94. The third-order valence-corrected chi connectivity index (χ3v) is 3.96. The average molecular weight is 292 g/mol. The molecule has 1 aromatic heterocycles.